The number of carbonyl (C=O) groups is 2. The van der Waals surface area contributed by atoms with E-state index < -0.39 is 15.6 Å². The Morgan fingerprint density at radius 1 is 1.02 bits per heavy atom. The minimum absolute atomic E-state index is 0.111. The first-order valence-corrected chi connectivity index (χ1v) is 16.1. The third kappa shape index (κ3) is 7.25. The Bertz CT molecular complexity index is 1390. The number of carbonyl (C=O) groups excluding carboxylic acids is 2. The number of ether oxygens (including phenoxy) is 1. The molecule has 4 heterocycles. The van der Waals surface area contributed by atoms with E-state index in [0.29, 0.717) is 51.1 Å². The van der Waals surface area contributed by atoms with Crippen LogP contribution in [-0.2, 0) is 21.3 Å². The molecule has 2 atom stereocenters. The monoisotopic (exact) mass is 607 g/mol. The van der Waals surface area contributed by atoms with Crippen LogP contribution in [0.1, 0.15) is 26.3 Å². The van der Waals surface area contributed by atoms with Gasteiger partial charge in [-0.15, -0.1) is 5.10 Å². The number of halogens is 1. The molecule has 0 aliphatic carbocycles. The molecule has 0 saturated carbocycles. The fourth-order valence-corrected chi connectivity index (χ4v) is 6.47. The van der Waals surface area contributed by atoms with Crippen LogP contribution in [0, 0.1) is 11.8 Å². The van der Waals surface area contributed by atoms with Crippen LogP contribution >= 0.6 is 11.6 Å². The molecule has 3 aliphatic heterocycles. The molecule has 1 aromatic carbocycles. The van der Waals surface area contributed by atoms with Crippen molar-refractivity contribution in [2.24, 2.45) is 11.8 Å². The number of amides is 2. The summed E-state index contributed by atoms with van der Waals surface area (Å²) in [5, 5.41) is 4.76. The molecule has 14 heteroatoms. The highest BCUT2D eigenvalue weighted by Crippen LogP contribution is 2.38. The topological polar surface area (TPSA) is 120 Å². The van der Waals surface area contributed by atoms with Crippen LogP contribution in [0.25, 0.3) is 0 Å². The van der Waals surface area contributed by atoms with E-state index in [1.165, 1.54) is 12.3 Å². The SMILES string of the molecule is CC(C)(C)OC(=O)N1CC2CN(c3cc(CN4CCN(C(=O)n5ccc(NS(C)(=O)=O)n5)CC4)ccc3Cl)CC2C1. The Labute approximate surface area is 246 Å². The van der Waals surface area contributed by atoms with E-state index in [1.807, 2.05) is 37.8 Å². The number of anilines is 2. The molecule has 224 valence electrons. The molecular formula is C27H38ClN7O5S. The lowest BCUT2D eigenvalue weighted by Crippen LogP contribution is -2.49. The molecule has 12 nitrogen and oxygen atoms in total. The van der Waals surface area contributed by atoms with Gasteiger partial charge in [-0.25, -0.2) is 18.0 Å². The highest BCUT2D eigenvalue weighted by Gasteiger charge is 2.43. The van der Waals surface area contributed by atoms with Gasteiger partial charge in [0.25, 0.3) is 0 Å². The summed E-state index contributed by atoms with van der Waals surface area (Å²) in [7, 11) is -3.47. The molecule has 3 fully saturated rings. The van der Waals surface area contributed by atoms with Crippen molar-refractivity contribution < 1.29 is 22.7 Å². The summed E-state index contributed by atoms with van der Waals surface area (Å²) in [6.07, 6.45) is 2.26. The normalized spacial score (nSPS) is 21.7. The Kier molecular flexibility index (Phi) is 8.14. The van der Waals surface area contributed by atoms with Crippen LogP contribution in [0.4, 0.5) is 21.1 Å². The first-order valence-electron chi connectivity index (χ1n) is 13.8. The second-order valence-corrected chi connectivity index (χ2v) is 14.3. The first-order chi connectivity index (χ1) is 19.2. The number of hydrogen-bond acceptors (Lipinski definition) is 8. The molecule has 41 heavy (non-hydrogen) atoms. The van der Waals surface area contributed by atoms with Crippen molar-refractivity contribution in [3.05, 3.63) is 41.0 Å². The predicted octanol–water partition coefficient (Wildman–Crippen LogP) is 3.00. The third-order valence-electron chi connectivity index (χ3n) is 7.61. The Hall–Kier alpha value is -3.03. The molecule has 0 radical (unpaired) electrons. The molecular weight excluding hydrogens is 570 g/mol. The quantitative estimate of drug-likeness (QED) is 0.551. The van der Waals surface area contributed by atoms with Crippen molar-refractivity contribution in [3.63, 3.8) is 0 Å². The Morgan fingerprint density at radius 3 is 2.29 bits per heavy atom. The highest BCUT2D eigenvalue weighted by atomic mass is 35.5. The van der Waals surface area contributed by atoms with Crippen molar-refractivity contribution >= 4 is 45.3 Å². The van der Waals surface area contributed by atoms with Gasteiger partial charge in [0.1, 0.15) is 5.60 Å². The summed E-state index contributed by atoms with van der Waals surface area (Å²) in [4.78, 5) is 33.6. The number of fused-ring (bicyclic) bond motifs is 1. The second-order valence-electron chi connectivity index (χ2n) is 12.2. The van der Waals surface area contributed by atoms with Crippen molar-refractivity contribution in [2.75, 3.05) is 68.2 Å². The van der Waals surface area contributed by atoms with Gasteiger partial charge in [-0.2, -0.15) is 4.68 Å². The number of sulfonamides is 1. The molecule has 1 aromatic heterocycles. The summed E-state index contributed by atoms with van der Waals surface area (Å²) in [5.41, 5.74) is 1.67. The van der Waals surface area contributed by atoms with E-state index >= 15 is 0 Å². The summed E-state index contributed by atoms with van der Waals surface area (Å²) >= 11 is 6.65. The van der Waals surface area contributed by atoms with Crippen LogP contribution in [0.2, 0.25) is 5.02 Å². The molecule has 2 aromatic rings. The average Bonchev–Trinajstić information content (AvgIpc) is 3.59. The van der Waals surface area contributed by atoms with Gasteiger partial charge in [0, 0.05) is 83.0 Å². The first kappa shape index (κ1) is 29.5. The molecule has 1 N–H and O–H groups in total. The number of aromatic nitrogens is 2. The van der Waals surface area contributed by atoms with E-state index in [2.05, 4.69) is 25.7 Å². The van der Waals surface area contributed by atoms with E-state index in [4.69, 9.17) is 16.3 Å². The van der Waals surface area contributed by atoms with Gasteiger partial charge >= 0.3 is 12.1 Å². The molecule has 2 unspecified atom stereocenters. The van der Waals surface area contributed by atoms with E-state index in [1.54, 1.807) is 4.90 Å². The lowest BCUT2D eigenvalue weighted by atomic mass is 10.0. The number of rotatable bonds is 5. The van der Waals surface area contributed by atoms with E-state index in [0.717, 1.165) is 46.8 Å². The molecule has 3 aliphatic rings. The average molecular weight is 608 g/mol. The largest absolute Gasteiger partial charge is 0.444 e. The van der Waals surface area contributed by atoms with Gasteiger partial charge < -0.3 is 19.4 Å². The van der Waals surface area contributed by atoms with Gasteiger partial charge in [0.2, 0.25) is 10.0 Å². The summed E-state index contributed by atoms with van der Waals surface area (Å²) in [5.74, 6) is 0.891. The van der Waals surface area contributed by atoms with Gasteiger partial charge in [0.05, 0.1) is 17.0 Å². The van der Waals surface area contributed by atoms with Crippen LogP contribution in [0.15, 0.2) is 30.5 Å². The van der Waals surface area contributed by atoms with Crippen LogP contribution in [0.3, 0.4) is 0 Å². The molecule has 3 saturated heterocycles. The van der Waals surface area contributed by atoms with Crippen molar-refractivity contribution in [1.82, 2.24) is 24.5 Å². The molecule has 2 amide bonds. The molecule has 5 rings (SSSR count). The fraction of sp³-hybridized carbons (Fsp3) is 0.593. The number of likely N-dealkylation sites (tertiary alicyclic amines) is 1. The van der Waals surface area contributed by atoms with Crippen molar-refractivity contribution in [3.8, 4) is 0 Å². The number of hydrogen-bond donors (Lipinski definition) is 1. The maximum atomic E-state index is 12.9. The summed E-state index contributed by atoms with van der Waals surface area (Å²) < 4.78 is 31.8. The summed E-state index contributed by atoms with van der Waals surface area (Å²) in [6.45, 7) is 12.0. The fourth-order valence-electron chi connectivity index (χ4n) is 5.74. The zero-order valence-electron chi connectivity index (χ0n) is 23.9. The van der Waals surface area contributed by atoms with Crippen molar-refractivity contribution in [1.29, 1.82) is 0 Å². The van der Waals surface area contributed by atoms with Crippen LogP contribution in [0.5, 0.6) is 0 Å². The van der Waals surface area contributed by atoms with Gasteiger partial charge in [-0.05, 0) is 38.5 Å². The predicted molar refractivity (Wildman–Crippen MR) is 157 cm³/mol. The third-order valence-corrected chi connectivity index (χ3v) is 8.51. The molecule has 0 spiro atoms. The minimum atomic E-state index is -3.47. The van der Waals surface area contributed by atoms with Gasteiger partial charge in [-0.1, -0.05) is 17.7 Å². The standard InChI is InChI=1S/C27H38ClN7O5S/c1-27(2,3)40-26(37)34-17-20-15-33(16-21(20)18-34)23-13-19(5-6-22(23)28)14-31-9-11-32(12-10-31)25(36)35-8-7-24(29-35)30-41(4,38)39/h5-8,13,20-21H,9-12,14-18H2,1-4H3,(H,29,30). The van der Waals surface area contributed by atoms with E-state index in [-0.39, 0.29) is 17.9 Å². The minimum Gasteiger partial charge on any atom is -0.444 e. The van der Waals surface area contributed by atoms with Crippen LogP contribution in [-0.4, -0.2) is 109 Å². The smallest absolute Gasteiger partial charge is 0.410 e. The zero-order chi connectivity index (χ0) is 29.5. The summed E-state index contributed by atoms with van der Waals surface area (Å²) in [6, 6.07) is 7.33. The number of nitrogens with one attached hydrogen (secondary N) is 1. The van der Waals surface area contributed by atoms with Gasteiger partial charge in [-0.3, -0.25) is 9.62 Å². The van der Waals surface area contributed by atoms with E-state index in [9.17, 15) is 18.0 Å². The lowest BCUT2D eigenvalue weighted by molar-refractivity contribution is 0.0282. The number of nitrogens with zero attached hydrogens (tertiary/aromatic N) is 6. The number of benzene rings is 1. The van der Waals surface area contributed by atoms with Crippen LogP contribution < -0.4 is 9.62 Å². The van der Waals surface area contributed by atoms with Crippen molar-refractivity contribution in [2.45, 2.75) is 32.9 Å². The van der Waals surface area contributed by atoms with Gasteiger partial charge in [0.15, 0.2) is 5.82 Å². The zero-order valence-corrected chi connectivity index (χ0v) is 25.5. The maximum absolute atomic E-state index is 12.9. The highest BCUT2D eigenvalue weighted by molar-refractivity contribution is 7.92. The maximum Gasteiger partial charge on any atom is 0.410 e. The Balaban J connectivity index is 1.13. The second kappa shape index (κ2) is 11.3. The number of piperazine rings is 1. The Morgan fingerprint density at radius 2 is 1.68 bits per heavy atom. The lowest BCUT2D eigenvalue weighted by Gasteiger charge is -2.34. The molecule has 0 bridgehead atoms.